The number of oxazole rings is 1. The number of carbonyl (C=O) groups is 1. The van der Waals surface area contributed by atoms with Crippen LogP contribution >= 0.6 is 11.3 Å². The van der Waals surface area contributed by atoms with Gasteiger partial charge in [0.1, 0.15) is 18.1 Å². The van der Waals surface area contributed by atoms with Crippen LogP contribution in [0.2, 0.25) is 0 Å². The van der Waals surface area contributed by atoms with Crippen molar-refractivity contribution in [2.24, 2.45) is 0 Å². The second-order valence-corrected chi connectivity index (χ2v) is 6.85. The van der Waals surface area contributed by atoms with Crippen LogP contribution in [0.5, 0.6) is 17.2 Å². The van der Waals surface area contributed by atoms with Crippen LogP contribution in [0.15, 0.2) is 40.1 Å². The number of aromatic nitrogens is 1. The fraction of sp³-hybridized carbons (Fsp3) is 0.238. The summed E-state index contributed by atoms with van der Waals surface area (Å²) in [5.41, 5.74) is 1.29. The van der Waals surface area contributed by atoms with E-state index in [1.54, 1.807) is 25.1 Å². The van der Waals surface area contributed by atoms with E-state index < -0.39 is 5.97 Å². The molecule has 0 saturated carbocycles. The Morgan fingerprint density at radius 2 is 1.90 bits per heavy atom. The minimum absolute atomic E-state index is 0.0269. The zero-order valence-electron chi connectivity index (χ0n) is 16.6. The molecule has 0 unspecified atom stereocenters. The zero-order valence-corrected chi connectivity index (χ0v) is 17.4. The van der Waals surface area contributed by atoms with E-state index in [2.05, 4.69) is 4.98 Å². The summed E-state index contributed by atoms with van der Waals surface area (Å²) in [6.07, 6.45) is 2.94. The summed E-state index contributed by atoms with van der Waals surface area (Å²) in [6, 6.07) is 7.32. The van der Waals surface area contributed by atoms with Gasteiger partial charge in [-0.05, 0) is 42.1 Å². The topological polar surface area (TPSA) is 80.0 Å². The molecule has 0 N–H and O–H groups in total. The van der Waals surface area contributed by atoms with Crippen molar-refractivity contribution in [2.75, 3.05) is 21.3 Å². The molecule has 0 aliphatic carbocycles. The molecule has 0 fully saturated rings. The van der Waals surface area contributed by atoms with Crippen LogP contribution in [-0.4, -0.2) is 32.3 Å². The van der Waals surface area contributed by atoms with Gasteiger partial charge in [-0.25, -0.2) is 9.78 Å². The van der Waals surface area contributed by atoms with Gasteiger partial charge in [0.05, 0.1) is 26.2 Å². The minimum atomic E-state index is -0.501. The van der Waals surface area contributed by atoms with E-state index in [1.165, 1.54) is 38.7 Å². The molecular weight excluding hydrogens is 394 g/mol. The highest BCUT2D eigenvalue weighted by Crippen LogP contribution is 2.38. The maximum absolute atomic E-state index is 12.1. The number of carbonyl (C=O) groups excluding carboxylic acids is 1. The highest BCUT2D eigenvalue weighted by atomic mass is 32.1. The van der Waals surface area contributed by atoms with Crippen LogP contribution < -0.4 is 14.2 Å². The van der Waals surface area contributed by atoms with E-state index in [1.807, 2.05) is 17.5 Å². The van der Waals surface area contributed by atoms with E-state index in [4.69, 9.17) is 23.4 Å². The van der Waals surface area contributed by atoms with Gasteiger partial charge in [0.2, 0.25) is 11.6 Å². The number of hydrogen-bond donors (Lipinski definition) is 0. The molecule has 2 aromatic heterocycles. The molecule has 8 heteroatoms. The quantitative estimate of drug-likeness (QED) is 0.396. The Kier molecular flexibility index (Phi) is 6.56. The number of hydrogen-bond acceptors (Lipinski definition) is 8. The second-order valence-electron chi connectivity index (χ2n) is 5.90. The molecule has 0 aliphatic rings. The van der Waals surface area contributed by atoms with Crippen molar-refractivity contribution in [2.45, 2.75) is 13.5 Å². The number of benzene rings is 1. The van der Waals surface area contributed by atoms with E-state index >= 15 is 0 Å². The number of esters is 1. The van der Waals surface area contributed by atoms with Crippen LogP contribution in [0, 0.1) is 6.92 Å². The summed E-state index contributed by atoms with van der Waals surface area (Å²) in [6.45, 7) is 1.82. The number of rotatable bonds is 8. The molecule has 0 bridgehead atoms. The van der Waals surface area contributed by atoms with Crippen LogP contribution in [0.25, 0.3) is 16.8 Å². The molecule has 152 valence electrons. The standard InChI is InChI=1S/C21H21NO6S/c1-13-15(22-21(28-13)18-6-5-9-29-18)12-27-19(23)8-7-14-10-16(24-2)20(26-4)17(11-14)25-3/h5-11H,12H2,1-4H3. The van der Waals surface area contributed by atoms with Crippen LogP contribution in [-0.2, 0) is 16.1 Å². The number of nitrogens with zero attached hydrogens (tertiary/aromatic N) is 1. The van der Waals surface area contributed by atoms with E-state index in [0.717, 1.165) is 4.88 Å². The maximum Gasteiger partial charge on any atom is 0.331 e. The van der Waals surface area contributed by atoms with Crippen LogP contribution in [0.3, 0.4) is 0 Å². The van der Waals surface area contributed by atoms with Gasteiger partial charge in [-0.3, -0.25) is 0 Å². The fourth-order valence-electron chi connectivity index (χ4n) is 2.62. The molecule has 3 rings (SSSR count). The Bertz CT molecular complexity index is 981. The number of ether oxygens (including phenoxy) is 4. The number of aryl methyl sites for hydroxylation is 1. The first kappa shape index (κ1) is 20.5. The smallest absolute Gasteiger partial charge is 0.331 e. The van der Waals surface area contributed by atoms with Gasteiger partial charge < -0.3 is 23.4 Å². The monoisotopic (exact) mass is 415 g/mol. The second kappa shape index (κ2) is 9.29. The largest absolute Gasteiger partial charge is 0.493 e. The fourth-order valence-corrected chi connectivity index (χ4v) is 3.27. The first-order valence-corrected chi connectivity index (χ1v) is 9.58. The third kappa shape index (κ3) is 4.78. The van der Waals surface area contributed by atoms with Crippen LogP contribution in [0.1, 0.15) is 17.0 Å². The van der Waals surface area contributed by atoms with Crippen molar-refractivity contribution in [3.63, 3.8) is 0 Å². The Balaban J connectivity index is 1.66. The van der Waals surface area contributed by atoms with Crippen molar-refractivity contribution in [1.29, 1.82) is 0 Å². The first-order chi connectivity index (χ1) is 14.0. The van der Waals surface area contributed by atoms with Gasteiger partial charge >= 0.3 is 5.97 Å². The van der Waals surface area contributed by atoms with E-state index in [0.29, 0.717) is 40.2 Å². The SMILES string of the molecule is COc1cc(C=CC(=O)OCc2nc(-c3cccs3)oc2C)cc(OC)c1OC. The summed E-state index contributed by atoms with van der Waals surface area (Å²) in [5.74, 6) is 2.13. The highest BCUT2D eigenvalue weighted by molar-refractivity contribution is 7.13. The Morgan fingerprint density at radius 1 is 1.17 bits per heavy atom. The van der Waals surface area contributed by atoms with Crippen molar-refractivity contribution < 1.29 is 28.2 Å². The molecule has 7 nitrogen and oxygen atoms in total. The summed E-state index contributed by atoms with van der Waals surface area (Å²) >= 11 is 1.53. The minimum Gasteiger partial charge on any atom is -0.493 e. The maximum atomic E-state index is 12.1. The normalized spacial score (nSPS) is 10.9. The van der Waals surface area contributed by atoms with Gasteiger partial charge in [0.15, 0.2) is 11.5 Å². The lowest BCUT2D eigenvalue weighted by molar-refractivity contribution is -0.139. The van der Waals surface area contributed by atoms with Gasteiger partial charge in [-0.1, -0.05) is 6.07 Å². The van der Waals surface area contributed by atoms with Gasteiger partial charge in [0, 0.05) is 6.08 Å². The van der Waals surface area contributed by atoms with Gasteiger partial charge in [-0.2, -0.15) is 0 Å². The lowest BCUT2D eigenvalue weighted by Gasteiger charge is -2.12. The molecule has 0 aliphatic heterocycles. The van der Waals surface area contributed by atoms with Crippen molar-refractivity contribution in [3.8, 4) is 28.0 Å². The average molecular weight is 415 g/mol. The van der Waals surface area contributed by atoms with Crippen molar-refractivity contribution in [1.82, 2.24) is 4.98 Å². The Hall–Kier alpha value is -3.26. The van der Waals surface area contributed by atoms with Gasteiger partial charge in [0.25, 0.3) is 0 Å². The molecule has 0 saturated heterocycles. The van der Waals surface area contributed by atoms with E-state index in [-0.39, 0.29) is 6.61 Å². The molecular formula is C21H21NO6S. The predicted molar refractivity (Wildman–Crippen MR) is 109 cm³/mol. The lowest BCUT2D eigenvalue weighted by Crippen LogP contribution is -2.02. The lowest BCUT2D eigenvalue weighted by atomic mass is 10.1. The molecule has 2 heterocycles. The number of thiophene rings is 1. The molecule has 0 amide bonds. The Morgan fingerprint density at radius 3 is 2.48 bits per heavy atom. The molecule has 1 aromatic carbocycles. The predicted octanol–water partition coefficient (Wildman–Crippen LogP) is 4.49. The summed E-state index contributed by atoms with van der Waals surface area (Å²) in [4.78, 5) is 17.4. The summed E-state index contributed by atoms with van der Waals surface area (Å²) in [7, 11) is 4.59. The Labute approximate surface area is 172 Å². The molecule has 29 heavy (non-hydrogen) atoms. The van der Waals surface area contributed by atoms with Crippen molar-refractivity contribution in [3.05, 3.63) is 52.7 Å². The third-order valence-electron chi connectivity index (χ3n) is 4.07. The number of methoxy groups -OCH3 is 3. The molecule has 0 atom stereocenters. The molecule has 0 radical (unpaired) electrons. The average Bonchev–Trinajstić information content (AvgIpc) is 3.39. The van der Waals surface area contributed by atoms with E-state index in [9.17, 15) is 4.79 Å². The van der Waals surface area contributed by atoms with Crippen molar-refractivity contribution >= 4 is 23.4 Å². The first-order valence-electron chi connectivity index (χ1n) is 8.70. The summed E-state index contributed by atoms with van der Waals surface area (Å²) in [5, 5.41) is 1.95. The summed E-state index contributed by atoms with van der Waals surface area (Å²) < 4.78 is 26.8. The zero-order chi connectivity index (χ0) is 20.8. The van der Waals surface area contributed by atoms with Crippen LogP contribution in [0.4, 0.5) is 0 Å². The molecule has 0 spiro atoms. The highest BCUT2D eigenvalue weighted by Gasteiger charge is 2.14. The molecule has 3 aromatic rings. The van der Waals surface area contributed by atoms with Gasteiger partial charge in [-0.15, -0.1) is 11.3 Å². The third-order valence-corrected chi connectivity index (χ3v) is 4.93.